The highest BCUT2D eigenvalue weighted by molar-refractivity contribution is 6.25. The van der Waals surface area contributed by atoms with E-state index in [2.05, 4.69) is 10.4 Å². The molecular weight excluding hydrogens is 428 g/mol. The molecule has 7 heteroatoms. The summed E-state index contributed by atoms with van der Waals surface area (Å²) in [5.74, 6) is -0.704. The Morgan fingerprint density at radius 3 is 2.29 bits per heavy atom. The molecule has 34 heavy (non-hydrogen) atoms. The predicted octanol–water partition coefficient (Wildman–Crippen LogP) is 3.76. The zero-order valence-electron chi connectivity index (χ0n) is 18.6. The van der Waals surface area contributed by atoms with Crippen LogP contribution in [0.3, 0.4) is 0 Å². The lowest BCUT2D eigenvalue weighted by molar-refractivity contribution is -0.121. The Morgan fingerprint density at radius 1 is 0.882 bits per heavy atom. The van der Waals surface area contributed by atoms with E-state index in [1.165, 1.54) is 4.90 Å². The van der Waals surface area contributed by atoms with Gasteiger partial charge in [0, 0.05) is 42.2 Å². The molecule has 1 aromatic heterocycles. The number of imide groups is 1. The van der Waals surface area contributed by atoms with E-state index in [4.69, 9.17) is 0 Å². The normalized spacial score (nSPS) is 12.9. The fourth-order valence-corrected chi connectivity index (χ4v) is 4.33. The molecule has 4 aromatic rings. The van der Waals surface area contributed by atoms with Gasteiger partial charge in [0.05, 0.1) is 11.9 Å². The lowest BCUT2D eigenvalue weighted by Gasteiger charge is -2.27. The van der Waals surface area contributed by atoms with Crippen LogP contribution in [0.1, 0.15) is 39.1 Å². The predicted molar refractivity (Wildman–Crippen MR) is 129 cm³/mol. The first-order chi connectivity index (χ1) is 16.6. The van der Waals surface area contributed by atoms with Crippen molar-refractivity contribution in [3.8, 4) is 5.69 Å². The van der Waals surface area contributed by atoms with Crippen molar-refractivity contribution in [2.24, 2.45) is 0 Å². The Bertz CT molecular complexity index is 1330. The van der Waals surface area contributed by atoms with Gasteiger partial charge in [0.1, 0.15) is 0 Å². The molecule has 0 aliphatic carbocycles. The van der Waals surface area contributed by atoms with E-state index in [1.807, 2.05) is 65.5 Å². The maximum Gasteiger partial charge on any atom is 0.261 e. The topological polar surface area (TPSA) is 84.3 Å². The van der Waals surface area contributed by atoms with Gasteiger partial charge >= 0.3 is 0 Å². The van der Waals surface area contributed by atoms with E-state index in [0.717, 1.165) is 16.6 Å². The minimum Gasteiger partial charge on any atom is -0.356 e. The number of aromatic nitrogens is 2. The molecule has 1 aliphatic rings. The third-order valence-electron chi connectivity index (χ3n) is 6.03. The maximum absolute atomic E-state index is 12.9. The van der Waals surface area contributed by atoms with Crippen molar-refractivity contribution in [3.05, 3.63) is 95.8 Å². The van der Waals surface area contributed by atoms with E-state index in [9.17, 15) is 14.4 Å². The van der Waals surface area contributed by atoms with Crippen molar-refractivity contribution < 1.29 is 14.4 Å². The van der Waals surface area contributed by atoms with Gasteiger partial charge in [0.15, 0.2) is 0 Å². The van der Waals surface area contributed by atoms with E-state index in [0.29, 0.717) is 35.9 Å². The average molecular weight is 453 g/mol. The summed E-state index contributed by atoms with van der Waals surface area (Å²) in [6.07, 6.45) is 5.07. The molecule has 170 valence electrons. The quantitative estimate of drug-likeness (QED) is 0.413. The number of para-hydroxylation sites is 1. The number of hydrogen-bond donors (Lipinski definition) is 1. The first-order valence-corrected chi connectivity index (χ1v) is 11.4. The lowest BCUT2D eigenvalue weighted by atomic mass is 9.94. The number of carbonyl (C=O) groups excluding carboxylic acids is 3. The molecule has 7 nitrogen and oxygen atoms in total. The number of amides is 3. The van der Waals surface area contributed by atoms with Crippen LogP contribution in [-0.4, -0.2) is 45.5 Å². The lowest BCUT2D eigenvalue weighted by Crippen LogP contribution is -2.41. The number of nitrogens with one attached hydrogen (secondary N) is 1. The van der Waals surface area contributed by atoms with Crippen LogP contribution in [0.4, 0.5) is 0 Å². The Kier molecular flexibility index (Phi) is 5.91. The standard InChI is InChI=1S/C27H24N4O3/c32-24(28-15-14-19-17-29-31(18-19)21-9-2-1-3-10-21)13-6-16-30-26(33)22-11-4-7-20-8-5-12-23(25(20)22)27(30)34/h1-5,7-12,17-18H,6,13-16H2,(H,28,32). The first-order valence-electron chi connectivity index (χ1n) is 11.4. The van der Waals surface area contributed by atoms with Crippen LogP contribution >= 0.6 is 0 Å². The molecule has 0 saturated carbocycles. The molecule has 1 aliphatic heterocycles. The second-order valence-electron chi connectivity index (χ2n) is 8.30. The van der Waals surface area contributed by atoms with Gasteiger partial charge in [-0.25, -0.2) is 4.68 Å². The van der Waals surface area contributed by atoms with E-state index < -0.39 is 0 Å². The van der Waals surface area contributed by atoms with Gasteiger partial charge in [-0.15, -0.1) is 0 Å². The largest absolute Gasteiger partial charge is 0.356 e. The van der Waals surface area contributed by atoms with Crippen LogP contribution in [0, 0.1) is 0 Å². The minimum atomic E-state index is -0.301. The van der Waals surface area contributed by atoms with E-state index >= 15 is 0 Å². The monoisotopic (exact) mass is 452 g/mol. The molecule has 2 heterocycles. The van der Waals surface area contributed by atoms with Gasteiger partial charge in [-0.3, -0.25) is 19.3 Å². The highest BCUT2D eigenvalue weighted by Crippen LogP contribution is 2.30. The van der Waals surface area contributed by atoms with Crippen LogP contribution in [0.25, 0.3) is 16.5 Å². The fourth-order valence-electron chi connectivity index (χ4n) is 4.33. The van der Waals surface area contributed by atoms with Crippen molar-refractivity contribution >= 4 is 28.5 Å². The second-order valence-corrected chi connectivity index (χ2v) is 8.30. The minimum absolute atomic E-state index is 0.102. The fraction of sp³-hybridized carbons (Fsp3) is 0.185. The van der Waals surface area contributed by atoms with Gasteiger partial charge in [0.25, 0.3) is 11.8 Å². The van der Waals surface area contributed by atoms with Crippen molar-refractivity contribution in [1.29, 1.82) is 0 Å². The summed E-state index contributed by atoms with van der Waals surface area (Å²) in [5.41, 5.74) is 3.08. The second kappa shape index (κ2) is 9.31. The first kappa shape index (κ1) is 21.6. The number of nitrogens with zero attached hydrogens (tertiary/aromatic N) is 3. The van der Waals surface area contributed by atoms with E-state index in [1.54, 1.807) is 18.3 Å². The van der Waals surface area contributed by atoms with Crippen LogP contribution in [-0.2, 0) is 11.2 Å². The molecule has 3 aromatic carbocycles. The van der Waals surface area contributed by atoms with Crippen molar-refractivity contribution in [2.45, 2.75) is 19.3 Å². The van der Waals surface area contributed by atoms with Gasteiger partial charge < -0.3 is 5.32 Å². The highest BCUT2D eigenvalue weighted by atomic mass is 16.2. The summed E-state index contributed by atoms with van der Waals surface area (Å²) < 4.78 is 1.81. The summed E-state index contributed by atoms with van der Waals surface area (Å²) in [6.45, 7) is 0.704. The molecule has 0 radical (unpaired) electrons. The zero-order valence-corrected chi connectivity index (χ0v) is 18.6. The van der Waals surface area contributed by atoms with Crippen LogP contribution in [0.5, 0.6) is 0 Å². The summed E-state index contributed by atoms with van der Waals surface area (Å²) in [4.78, 5) is 39.4. The summed E-state index contributed by atoms with van der Waals surface area (Å²) in [5, 5.41) is 8.86. The molecule has 3 amide bonds. The molecule has 0 spiro atoms. The third kappa shape index (κ3) is 4.20. The zero-order chi connectivity index (χ0) is 23.5. The average Bonchev–Trinajstić information content (AvgIpc) is 3.34. The van der Waals surface area contributed by atoms with E-state index in [-0.39, 0.29) is 30.7 Å². The van der Waals surface area contributed by atoms with Crippen molar-refractivity contribution in [1.82, 2.24) is 20.0 Å². The third-order valence-corrected chi connectivity index (χ3v) is 6.03. The molecule has 0 fully saturated rings. The molecule has 0 unspecified atom stereocenters. The highest BCUT2D eigenvalue weighted by Gasteiger charge is 2.32. The number of benzene rings is 3. The van der Waals surface area contributed by atoms with Crippen LogP contribution < -0.4 is 5.32 Å². The van der Waals surface area contributed by atoms with Crippen molar-refractivity contribution in [2.75, 3.05) is 13.1 Å². The maximum atomic E-state index is 12.9. The molecule has 5 rings (SSSR count). The number of rotatable bonds is 8. The Labute approximate surface area is 197 Å². The van der Waals surface area contributed by atoms with Gasteiger partial charge in [-0.1, -0.05) is 42.5 Å². The van der Waals surface area contributed by atoms with Gasteiger partial charge in [0.2, 0.25) is 5.91 Å². The van der Waals surface area contributed by atoms with Gasteiger partial charge in [-0.2, -0.15) is 5.10 Å². The molecule has 0 bridgehead atoms. The Hall–Kier alpha value is -4.26. The molecule has 0 atom stereocenters. The van der Waals surface area contributed by atoms with Crippen LogP contribution in [0.15, 0.2) is 79.1 Å². The number of hydrogen-bond acceptors (Lipinski definition) is 4. The smallest absolute Gasteiger partial charge is 0.261 e. The molecular formula is C27H24N4O3. The molecule has 1 N–H and O–H groups in total. The Morgan fingerprint density at radius 2 is 1.59 bits per heavy atom. The molecule has 0 saturated heterocycles. The summed E-state index contributed by atoms with van der Waals surface area (Å²) >= 11 is 0. The summed E-state index contributed by atoms with van der Waals surface area (Å²) in [7, 11) is 0. The SMILES string of the molecule is O=C(CCCN1C(=O)c2cccc3cccc(c23)C1=O)NCCc1cnn(-c2ccccc2)c1. The number of carbonyl (C=O) groups is 3. The van der Waals surface area contributed by atoms with Crippen LogP contribution in [0.2, 0.25) is 0 Å². The van der Waals surface area contributed by atoms with Crippen molar-refractivity contribution in [3.63, 3.8) is 0 Å². The Balaban J connectivity index is 1.11. The summed E-state index contributed by atoms with van der Waals surface area (Å²) in [6, 6.07) is 20.8. The van der Waals surface area contributed by atoms with Gasteiger partial charge in [-0.05, 0) is 48.1 Å².